The average Bonchev–Trinajstić information content (AvgIpc) is 2.23. The molecule has 1 rings (SSSR count). The van der Waals surface area contributed by atoms with E-state index in [4.69, 9.17) is 10.5 Å². The first-order valence-corrected chi connectivity index (χ1v) is 5.57. The Kier molecular flexibility index (Phi) is 5.29. The third-order valence-electron chi connectivity index (χ3n) is 1.77. The van der Waals surface area contributed by atoms with Crippen molar-refractivity contribution in [1.29, 1.82) is 0 Å². The van der Waals surface area contributed by atoms with E-state index < -0.39 is 12.8 Å². The van der Waals surface area contributed by atoms with Gasteiger partial charge in [0.1, 0.15) is 19.0 Å². The van der Waals surface area contributed by atoms with Gasteiger partial charge in [0.2, 0.25) is 0 Å². The average molecular weight is 330 g/mol. The molecule has 0 aliphatic carbocycles. The van der Waals surface area contributed by atoms with E-state index in [1.54, 1.807) is 0 Å². The molecule has 2 N–H and O–H groups in total. The summed E-state index contributed by atoms with van der Waals surface area (Å²) in [6.45, 7) is -1.56. The molecule has 18 heavy (non-hydrogen) atoms. The van der Waals surface area contributed by atoms with Gasteiger partial charge in [-0.3, -0.25) is 0 Å². The molecular formula is C9H11BrF3N3O2. The van der Waals surface area contributed by atoms with Crippen molar-refractivity contribution < 1.29 is 22.6 Å². The molecule has 0 unspecified atom stereocenters. The summed E-state index contributed by atoms with van der Waals surface area (Å²) in [6.07, 6.45) is -4.38. The number of alkyl halides is 3. The zero-order valence-corrected chi connectivity index (χ0v) is 11.0. The second kappa shape index (κ2) is 6.30. The minimum absolute atomic E-state index is 0.0759. The Morgan fingerprint density at radius 2 is 1.94 bits per heavy atom. The summed E-state index contributed by atoms with van der Waals surface area (Å²) < 4.78 is 45.4. The molecule has 0 aliphatic rings. The minimum Gasteiger partial charge on any atom is -0.383 e. The van der Waals surface area contributed by atoms with Gasteiger partial charge in [-0.15, -0.1) is 0 Å². The van der Waals surface area contributed by atoms with E-state index in [0.29, 0.717) is 10.2 Å². The molecule has 1 aromatic heterocycles. The number of nitrogen functional groups attached to an aromatic ring is 1. The van der Waals surface area contributed by atoms with Crippen LogP contribution in [0.15, 0.2) is 4.47 Å². The van der Waals surface area contributed by atoms with E-state index >= 15 is 0 Å². The topological polar surface area (TPSA) is 70.3 Å². The van der Waals surface area contributed by atoms with E-state index in [-0.39, 0.29) is 24.9 Å². The first-order valence-electron chi connectivity index (χ1n) is 4.77. The molecule has 0 amide bonds. The maximum atomic E-state index is 11.9. The van der Waals surface area contributed by atoms with Crippen LogP contribution in [0.3, 0.4) is 0 Å². The maximum Gasteiger partial charge on any atom is 0.411 e. The predicted molar refractivity (Wildman–Crippen MR) is 60.6 cm³/mol. The number of halogens is 4. The van der Waals surface area contributed by atoms with Crippen molar-refractivity contribution in [3.8, 4) is 0 Å². The lowest BCUT2D eigenvalue weighted by molar-refractivity contribution is -0.177. The molecule has 9 heteroatoms. The highest BCUT2D eigenvalue weighted by Crippen LogP contribution is 2.22. The van der Waals surface area contributed by atoms with Gasteiger partial charge in [-0.25, -0.2) is 9.97 Å². The molecule has 5 nitrogen and oxygen atoms in total. The molecule has 0 fully saturated rings. The fraction of sp³-hybridized carbons (Fsp3) is 0.556. The van der Waals surface area contributed by atoms with Crippen LogP contribution in [0.1, 0.15) is 11.5 Å². The molecule has 102 valence electrons. The smallest absolute Gasteiger partial charge is 0.383 e. The van der Waals surface area contributed by atoms with Crippen LogP contribution in [0, 0.1) is 0 Å². The van der Waals surface area contributed by atoms with Crippen molar-refractivity contribution in [3.05, 3.63) is 16.0 Å². The van der Waals surface area contributed by atoms with Gasteiger partial charge in [0.05, 0.1) is 16.8 Å². The normalized spacial score (nSPS) is 11.8. The van der Waals surface area contributed by atoms with Crippen LogP contribution in [-0.4, -0.2) is 29.9 Å². The zero-order chi connectivity index (χ0) is 13.8. The van der Waals surface area contributed by atoms with Crippen LogP contribution in [0.25, 0.3) is 0 Å². The second-order valence-corrected chi connectivity index (χ2v) is 4.12. The number of hydrogen-bond donors (Lipinski definition) is 1. The van der Waals surface area contributed by atoms with Gasteiger partial charge in [0.25, 0.3) is 0 Å². The third kappa shape index (κ3) is 4.75. The maximum absolute atomic E-state index is 11.9. The monoisotopic (exact) mass is 329 g/mol. The summed E-state index contributed by atoms with van der Waals surface area (Å²) >= 11 is 3.16. The molecular weight excluding hydrogens is 319 g/mol. The number of aromatic nitrogens is 2. The summed E-state index contributed by atoms with van der Waals surface area (Å²) in [5.41, 5.74) is 6.03. The zero-order valence-electron chi connectivity index (χ0n) is 9.42. The lowest BCUT2D eigenvalue weighted by atomic mass is 10.4. The highest BCUT2D eigenvalue weighted by atomic mass is 79.9. The number of nitrogens with zero attached hydrogens (tertiary/aromatic N) is 2. The first-order chi connectivity index (χ1) is 8.33. The number of rotatable bonds is 5. The van der Waals surface area contributed by atoms with Gasteiger partial charge in [-0.1, -0.05) is 0 Å². The van der Waals surface area contributed by atoms with E-state index in [2.05, 4.69) is 30.6 Å². The molecule has 0 saturated heterocycles. The number of ether oxygens (including phenoxy) is 2. The Hall–Kier alpha value is -0.930. The standard InChI is InChI=1S/C9H11BrF3N3O2/c1-17-2-5-7(10)8(14)16-6(15-5)3-18-4-9(11,12)13/h2-4H2,1H3,(H2,14,15,16). The van der Waals surface area contributed by atoms with Crippen molar-refractivity contribution in [1.82, 2.24) is 9.97 Å². The van der Waals surface area contributed by atoms with E-state index in [1.807, 2.05) is 0 Å². The van der Waals surface area contributed by atoms with Crippen LogP contribution in [0.4, 0.5) is 19.0 Å². The Morgan fingerprint density at radius 1 is 1.28 bits per heavy atom. The van der Waals surface area contributed by atoms with Gasteiger partial charge < -0.3 is 15.2 Å². The van der Waals surface area contributed by atoms with Crippen LogP contribution < -0.4 is 5.73 Å². The predicted octanol–water partition coefficient (Wildman–Crippen LogP) is 2.05. The SMILES string of the molecule is COCc1nc(COCC(F)(F)F)nc(N)c1Br. The van der Waals surface area contributed by atoms with Gasteiger partial charge in [0, 0.05) is 7.11 Å². The van der Waals surface area contributed by atoms with Crippen molar-refractivity contribution in [2.24, 2.45) is 0 Å². The molecule has 0 aliphatic heterocycles. The van der Waals surface area contributed by atoms with E-state index in [0.717, 1.165) is 0 Å². The summed E-state index contributed by atoms with van der Waals surface area (Å²) in [5.74, 6) is 0.203. The quantitative estimate of drug-likeness (QED) is 0.895. The molecule has 0 saturated carbocycles. The molecule has 0 aromatic carbocycles. The van der Waals surface area contributed by atoms with Crippen LogP contribution in [0.5, 0.6) is 0 Å². The van der Waals surface area contributed by atoms with Crippen molar-refractivity contribution in [2.75, 3.05) is 19.5 Å². The summed E-state index contributed by atoms with van der Waals surface area (Å²) in [7, 11) is 1.46. The first kappa shape index (κ1) is 15.1. The summed E-state index contributed by atoms with van der Waals surface area (Å²) in [4.78, 5) is 7.79. The van der Waals surface area contributed by atoms with Gasteiger partial charge in [-0.2, -0.15) is 13.2 Å². The van der Waals surface area contributed by atoms with E-state index in [1.165, 1.54) is 7.11 Å². The largest absolute Gasteiger partial charge is 0.411 e. The highest BCUT2D eigenvalue weighted by molar-refractivity contribution is 9.10. The summed E-state index contributed by atoms with van der Waals surface area (Å²) in [6, 6.07) is 0. The van der Waals surface area contributed by atoms with Gasteiger partial charge in [-0.05, 0) is 15.9 Å². The highest BCUT2D eigenvalue weighted by Gasteiger charge is 2.27. The van der Waals surface area contributed by atoms with Crippen LogP contribution in [0.2, 0.25) is 0 Å². The molecule has 0 bridgehead atoms. The Morgan fingerprint density at radius 3 is 2.50 bits per heavy atom. The third-order valence-corrected chi connectivity index (χ3v) is 2.63. The van der Waals surface area contributed by atoms with Crippen molar-refractivity contribution in [2.45, 2.75) is 19.4 Å². The molecule has 1 heterocycles. The van der Waals surface area contributed by atoms with Crippen LogP contribution >= 0.6 is 15.9 Å². The molecule has 0 spiro atoms. The Bertz CT molecular complexity index is 415. The Balaban J connectivity index is 2.72. The van der Waals surface area contributed by atoms with Crippen LogP contribution in [-0.2, 0) is 22.7 Å². The fourth-order valence-electron chi connectivity index (χ4n) is 1.12. The van der Waals surface area contributed by atoms with Gasteiger partial charge >= 0.3 is 6.18 Å². The lowest BCUT2D eigenvalue weighted by Crippen LogP contribution is -2.17. The summed E-state index contributed by atoms with van der Waals surface area (Å²) in [5, 5.41) is 0. The number of nitrogens with two attached hydrogens (primary N) is 1. The Labute approximate surface area is 110 Å². The van der Waals surface area contributed by atoms with E-state index in [9.17, 15) is 13.2 Å². The number of hydrogen-bond acceptors (Lipinski definition) is 5. The molecule has 0 radical (unpaired) electrons. The number of anilines is 1. The van der Waals surface area contributed by atoms with Gasteiger partial charge in [0.15, 0.2) is 5.82 Å². The fourth-order valence-corrected chi connectivity index (χ4v) is 1.41. The van der Waals surface area contributed by atoms with Crippen molar-refractivity contribution in [3.63, 3.8) is 0 Å². The second-order valence-electron chi connectivity index (χ2n) is 3.33. The number of methoxy groups -OCH3 is 1. The van der Waals surface area contributed by atoms with Crippen molar-refractivity contribution >= 4 is 21.7 Å². The molecule has 0 atom stereocenters. The minimum atomic E-state index is -4.38. The molecule has 1 aromatic rings. The lowest BCUT2D eigenvalue weighted by Gasteiger charge is -2.10.